The van der Waals surface area contributed by atoms with Crippen molar-refractivity contribution in [2.45, 2.75) is 19.6 Å². The van der Waals surface area contributed by atoms with E-state index in [9.17, 15) is 14.7 Å². The number of halogens is 1. The van der Waals surface area contributed by atoms with Gasteiger partial charge in [-0.1, -0.05) is 48.0 Å². The topological polar surface area (TPSA) is 80.0 Å². The summed E-state index contributed by atoms with van der Waals surface area (Å²) in [6.45, 7) is 2.25. The number of ether oxygens (including phenoxy) is 1. The highest BCUT2D eigenvalue weighted by molar-refractivity contribution is 6.51. The molecule has 6 nitrogen and oxygen atoms in total. The van der Waals surface area contributed by atoms with Crippen molar-refractivity contribution in [1.82, 2.24) is 0 Å². The Morgan fingerprint density at radius 3 is 2.50 bits per heavy atom. The van der Waals surface area contributed by atoms with Gasteiger partial charge in [-0.25, -0.2) is 0 Å². The molecule has 1 aliphatic heterocycles. The quantitative estimate of drug-likeness (QED) is 0.187. The fraction of sp³-hybridized carbons (Fsp3) is 0.103. The molecule has 1 atom stereocenters. The molecule has 1 amide bonds. The van der Waals surface area contributed by atoms with Crippen LogP contribution in [-0.4, -0.2) is 16.8 Å². The Morgan fingerprint density at radius 1 is 1.00 bits per heavy atom. The van der Waals surface area contributed by atoms with Crippen molar-refractivity contribution in [3.63, 3.8) is 0 Å². The van der Waals surface area contributed by atoms with Gasteiger partial charge in [-0.3, -0.25) is 14.5 Å². The monoisotopic (exact) mass is 499 g/mol. The Labute approximate surface area is 213 Å². The fourth-order valence-corrected chi connectivity index (χ4v) is 4.47. The maximum absolute atomic E-state index is 13.2. The third-order valence-electron chi connectivity index (χ3n) is 6.03. The molecule has 0 aliphatic carbocycles. The number of aryl methyl sites for hydroxylation is 1. The number of nitrogens with zero attached hydrogens (tertiary/aromatic N) is 1. The first-order valence-electron chi connectivity index (χ1n) is 11.3. The molecule has 180 valence electrons. The van der Waals surface area contributed by atoms with Crippen molar-refractivity contribution in [1.29, 1.82) is 0 Å². The summed E-state index contributed by atoms with van der Waals surface area (Å²) < 4.78 is 11.5. The molecular weight excluding hydrogens is 478 g/mol. The molecule has 2 heterocycles. The lowest BCUT2D eigenvalue weighted by Crippen LogP contribution is -2.29. The van der Waals surface area contributed by atoms with Gasteiger partial charge >= 0.3 is 0 Å². The summed E-state index contributed by atoms with van der Waals surface area (Å²) in [7, 11) is 0. The van der Waals surface area contributed by atoms with E-state index < -0.39 is 17.7 Å². The van der Waals surface area contributed by atoms with Crippen molar-refractivity contribution in [2.75, 3.05) is 4.90 Å². The van der Waals surface area contributed by atoms with Gasteiger partial charge in [0.25, 0.3) is 11.7 Å². The Hall–Kier alpha value is -4.29. The maximum atomic E-state index is 13.2. The van der Waals surface area contributed by atoms with E-state index in [0.29, 0.717) is 34.4 Å². The number of anilines is 1. The molecule has 0 bridgehead atoms. The lowest BCUT2D eigenvalue weighted by molar-refractivity contribution is -0.132. The van der Waals surface area contributed by atoms with E-state index in [4.69, 9.17) is 20.8 Å². The van der Waals surface area contributed by atoms with Crippen LogP contribution in [0.3, 0.4) is 0 Å². The van der Waals surface area contributed by atoms with Crippen LogP contribution in [0, 0.1) is 6.92 Å². The van der Waals surface area contributed by atoms with Crippen LogP contribution >= 0.6 is 11.6 Å². The molecule has 1 aromatic heterocycles. The van der Waals surface area contributed by atoms with E-state index in [2.05, 4.69) is 0 Å². The van der Waals surface area contributed by atoms with Crippen molar-refractivity contribution in [3.8, 4) is 5.75 Å². The van der Waals surface area contributed by atoms with Crippen molar-refractivity contribution >= 4 is 34.7 Å². The molecule has 1 saturated heterocycles. The minimum absolute atomic E-state index is 0.0627. The molecule has 1 aliphatic rings. The van der Waals surface area contributed by atoms with Gasteiger partial charge in [0.2, 0.25) is 0 Å². The highest BCUT2D eigenvalue weighted by Crippen LogP contribution is 2.43. The summed E-state index contributed by atoms with van der Waals surface area (Å²) in [5.41, 5.74) is 2.55. The van der Waals surface area contributed by atoms with Crippen LogP contribution in [0.5, 0.6) is 5.75 Å². The van der Waals surface area contributed by atoms with Gasteiger partial charge in [-0.15, -0.1) is 0 Å². The molecule has 0 radical (unpaired) electrons. The number of ketones is 1. The Balaban J connectivity index is 1.53. The smallest absolute Gasteiger partial charge is 0.300 e. The molecule has 7 heteroatoms. The minimum Gasteiger partial charge on any atom is -0.507 e. The number of furan rings is 1. The molecular formula is C29H22ClNO5. The van der Waals surface area contributed by atoms with Crippen LogP contribution in [0.2, 0.25) is 5.02 Å². The Bertz CT molecular complexity index is 1460. The van der Waals surface area contributed by atoms with E-state index in [-0.39, 0.29) is 11.3 Å². The third-order valence-corrected chi connectivity index (χ3v) is 6.26. The SMILES string of the molecule is Cc1cc(/C(O)=C2/C(=O)C(=O)N(c3cccc(Cl)c3)C2c2ccco2)ccc1OCc1ccccc1. The number of rotatable bonds is 6. The normalized spacial score (nSPS) is 16.9. The maximum Gasteiger partial charge on any atom is 0.300 e. The van der Waals surface area contributed by atoms with Crippen LogP contribution in [-0.2, 0) is 16.2 Å². The van der Waals surface area contributed by atoms with Crippen LogP contribution in [0.25, 0.3) is 5.76 Å². The van der Waals surface area contributed by atoms with E-state index >= 15 is 0 Å². The van der Waals surface area contributed by atoms with Gasteiger partial charge in [-0.05, 0) is 66.6 Å². The van der Waals surface area contributed by atoms with Gasteiger partial charge in [-0.2, -0.15) is 0 Å². The summed E-state index contributed by atoms with van der Waals surface area (Å²) >= 11 is 6.15. The second-order valence-corrected chi connectivity index (χ2v) is 8.86. The molecule has 1 fully saturated rings. The number of hydrogen-bond donors (Lipinski definition) is 1. The number of aliphatic hydroxyl groups excluding tert-OH is 1. The molecule has 5 rings (SSSR count). The Morgan fingerprint density at radius 2 is 1.81 bits per heavy atom. The zero-order chi connectivity index (χ0) is 25.2. The van der Waals surface area contributed by atoms with Gasteiger partial charge in [0, 0.05) is 16.3 Å². The van der Waals surface area contributed by atoms with Crippen LogP contribution in [0.15, 0.2) is 101 Å². The number of carbonyl (C=O) groups excluding carboxylic acids is 2. The number of Topliss-reactive ketones (excluding diaryl/α,β-unsaturated/α-hetero) is 1. The van der Waals surface area contributed by atoms with E-state index in [1.54, 1.807) is 54.6 Å². The van der Waals surface area contributed by atoms with E-state index in [0.717, 1.165) is 11.1 Å². The van der Waals surface area contributed by atoms with E-state index in [1.165, 1.54) is 11.2 Å². The first kappa shape index (κ1) is 23.5. The number of hydrogen-bond acceptors (Lipinski definition) is 5. The standard InChI is InChI=1S/C29H22ClNO5/c1-18-15-20(12-13-23(18)36-17-19-7-3-2-4-8-19)27(32)25-26(24-11-6-14-35-24)31(29(34)28(25)33)22-10-5-9-21(30)16-22/h2-16,26,32H,17H2,1H3/b27-25-. The molecule has 1 N–H and O–H groups in total. The predicted octanol–water partition coefficient (Wildman–Crippen LogP) is 6.45. The average Bonchev–Trinajstić information content (AvgIpc) is 3.50. The molecule has 0 spiro atoms. The lowest BCUT2D eigenvalue weighted by atomic mass is 9.98. The van der Waals surface area contributed by atoms with Crippen molar-refractivity contribution in [2.24, 2.45) is 0 Å². The molecule has 1 unspecified atom stereocenters. The van der Waals surface area contributed by atoms with Gasteiger partial charge in [0.1, 0.15) is 29.9 Å². The third kappa shape index (κ3) is 4.39. The average molecular weight is 500 g/mol. The second-order valence-electron chi connectivity index (χ2n) is 8.42. The van der Waals surface area contributed by atoms with Crippen molar-refractivity contribution in [3.05, 3.63) is 124 Å². The highest BCUT2D eigenvalue weighted by atomic mass is 35.5. The zero-order valence-electron chi connectivity index (χ0n) is 19.4. The largest absolute Gasteiger partial charge is 0.507 e. The summed E-state index contributed by atoms with van der Waals surface area (Å²) in [6, 6.07) is 23.9. The molecule has 4 aromatic rings. The van der Waals surface area contributed by atoms with Gasteiger partial charge in [0.15, 0.2) is 0 Å². The fourth-order valence-electron chi connectivity index (χ4n) is 4.29. The predicted molar refractivity (Wildman–Crippen MR) is 137 cm³/mol. The van der Waals surface area contributed by atoms with Gasteiger partial charge < -0.3 is 14.3 Å². The Kier molecular flexibility index (Phi) is 6.36. The first-order chi connectivity index (χ1) is 17.4. The number of aliphatic hydroxyl groups is 1. The summed E-state index contributed by atoms with van der Waals surface area (Å²) in [5.74, 6) is -0.889. The molecule has 0 saturated carbocycles. The number of amides is 1. The number of benzene rings is 3. The van der Waals surface area contributed by atoms with Crippen LogP contribution in [0.1, 0.15) is 28.5 Å². The summed E-state index contributed by atoms with van der Waals surface area (Å²) in [5, 5.41) is 11.7. The molecule has 3 aromatic carbocycles. The summed E-state index contributed by atoms with van der Waals surface area (Å²) in [6.07, 6.45) is 1.45. The lowest BCUT2D eigenvalue weighted by Gasteiger charge is -2.23. The van der Waals surface area contributed by atoms with Gasteiger partial charge in [0.05, 0.1) is 11.8 Å². The summed E-state index contributed by atoms with van der Waals surface area (Å²) in [4.78, 5) is 27.6. The van der Waals surface area contributed by atoms with Crippen molar-refractivity contribution < 1.29 is 23.8 Å². The van der Waals surface area contributed by atoms with Crippen LogP contribution in [0.4, 0.5) is 5.69 Å². The number of carbonyl (C=O) groups is 2. The van der Waals surface area contributed by atoms with E-state index in [1.807, 2.05) is 37.3 Å². The first-order valence-corrected chi connectivity index (χ1v) is 11.7. The zero-order valence-corrected chi connectivity index (χ0v) is 20.1. The minimum atomic E-state index is -0.951. The van der Waals surface area contributed by atoms with Crippen LogP contribution < -0.4 is 9.64 Å². The molecule has 36 heavy (non-hydrogen) atoms. The second kappa shape index (κ2) is 9.76. The highest BCUT2D eigenvalue weighted by Gasteiger charge is 2.48.